The molecule has 0 amide bonds. The Balaban J connectivity index is 3.41. The van der Waals surface area contributed by atoms with Gasteiger partial charge < -0.3 is 9.84 Å². The highest BCUT2D eigenvalue weighted by molar-refractivity contribution is 6.35. The average molecular weight is 303 g/mol. The molecule has 0 radical (unpaired) electrons. The Morgan fingerprint density at radius 3 is 2.47 bits per heavy atom. The molecule has 6 heteroatoms. The number of hydrogen-bond acceptors (Lipinski definition) is 4. The molecule has 0 spiro atoms. The summed E-state index contributed by atoms with van der Waals surface area (Å²) in [5.41, 5.74) is -0.349. The van der Waals surface area contributed by atoms with E-state index in [2.05, 4.69) is 0 Å². The lowest BCUT2D eigenvalue weighted by atomic mass is 10.1. The zero-order chi connectivity index (χ0) is 14.6. The van der Waals surface area contributed by atoms with E-state index in [-0.39, 0.29) is 17.2 Å². The van der Waals surface area contributed by atoms with Gasteiger partial charge in [-0.2, -0.15) is 0 Å². The van der Waals surface area contributed by atoms with Crippen molar-refractivity contribution >= 4 is 40.7 Å². The summed E-state index contributed by atoms with van der Waals surface area (Å²) in [6.07, 6.45) is 0. The van der Waals surface area contributed by atoms with Crippen LogP contribution in [0.4, 0.5) is 0 Å². The Hall–Kier alpha value is -1.52. The minimum Gasteiger partial charge on any atom is -0.506 e. The van der Waals surface area contributed by atoms with Gasteiger partial charge in [0.2, 0.25) is 0 Å². The molecule has 1 aromatic carbocycles. The molecule has 1 rings (SSSR count). The largest absolute Gasteiger partial charge is 0.506 e. The lowest BCUT2D eigenvalue weighted by Gasteiger charge is -2.09. The minimum atomic E-state index is -0.899. The quantitative estimate of drug-likeness (QED) is 0.304. The van der Waals surface area contributed by atoms with Crippen molar-refractivity contribution in [2.75, 3.05) is 6.61 Å². The first-order valence-electron chi connectivity index (χ1n) is 5.45. The van der Waals surface area contributed by atoms with E-state index in [1.54, 1.807) is 6.92 Å². The molecule has 0 saturated heterocycles. The topological polar surface area (TPSA) is 63.6 Å². The van der Waals surface area contributed by atoms with E-state index in [1.165, 1.54) is 18.2 Å². The molecule has 0 atom stereocenters. The maximum Gasteiger partial charge on any atom is 0.345 e. The molecule has 0 aromatic heterocycles. The number of carbonyl (C=O) groups excluding carboxylic acids is 2. The molecule has 19 heavy (non-hydrogen) atoms. The van der Waals surface area contributed by atoms with Crippen molar-refractivity contribution in [2.45, 2.75) is 13.8 Å². The van der Waals surface area contributed by atoms with Crippen LogP contribution in [0.2, 0.25) is 10.0 Å². The van der Waals surface area contributed by atoms with Crippen molar-refractivity contribution in [1.29, 1.82) is 0 Å². The standard InChI is InChI=1S/C13H12Cl2O4/c1-3-19-13(18)11(7(2)16)12(17)9-6-8(14)4-5-10(9)15/h4-6,17H,3H2,1-2H3/b12-11+. The van der Waals surface area contributed by atoms with Crippen molar-refractivity contribution in [3.8, 4) is 0 Å². The fourth-order valence-electron chi connectivity index (χ4n) is 1.42. The number of ketones is 1. The first-order chi connectivity index (χ1) is 8.88. The van der Waals surface area contributed by atoms with E-state index in [4.69, 9.17) is 27.9 Å². The summed E-state index contributed by atoms with van der Waals surface area (Å²) in [7, 11) is 0. The first kappa shape index (κ1) is 15.5. The van der Waals surface area contributed by atoms with Crippen molar-refractivity contribution in [3.05, 3.63) is 39.4 Å². The number of ether oxygens (including phenoxy) is 1. The number of carbonyl (C=O) groups is 2. The van der Waals surface area contributed by atoms with Crippen LogP contribution < -0.4 is 0 Å². The maximum atomic E-state index is 11.7. The summed E-state index contributed by atoms with van der Waals surface area (Å²) >= 11 is 11.7. The molecule has 0 aliphatic carbocycles. The molecule has 0 saturated carbocycles. The Kier molecular flexibility index (Phi) is 5.39. The molecule has 0 aliphatic heterocycles. The normalized spacial score (nSPS) is 11.8. The lowest BCUT2D eigenvalue weighted by Crippen LogP contribution is -2.16. The molecule has 0 fully saturated rings. The van der Waals surface area contributed by atoms with Crippen LogP contribution in [-0.2, 0) is 14.3 Å². The Morgan fingerprint density at radius 2 is 1.95 bits per heavy atom. The van der Waals surface area contributed by atoms with E-state index in [9.17, 15) is 14.7 Å². The van der Waals surface area contributed by atoms with Gasteiger partial charge in [-0.05, 0) is 32.0 Å². The summed E-state index contributed by atoms with van der Waals surface area (Å²) in [6.45, 7) is 2.84. The highest BCUT2D eigenvalue weighted by Crippen LogP contribution is 2.28. The van der Waals surface area contributed by atoms with Crippen LogP contribution in [0.1, 0.15) is 19.4 Å². The van der Waals surface area contributed by atoms with Crippen molar-refractivity contribution in [3.63, 3.8) is 0 Å². The Labute approximate surface area is 120 Å². The van der Waals surface area contributed by atoms with Gasteiger partial charge in [-0.25, -0.2) is 4.79 Å². The number of benzene rings is 1. The predicted molar refractivity (Wildman–Crippen MR) is 73.3 cm³/mol. The van der Waals surface area contributed by atoms with Gasteiger partial charge in [0.25, 0.3) is 0 Å². The molecule has 4 nitrogen and oxygen atoms in total. The minimum absolute atomic E-state index is 0.0895. The number of Topliss-reactive ketones (excluding diaryl/α,β-unsaturated/α-hetero) is 1. The number of aliphatic hydroxyl groups excluding tert-OH is 1. The zero-order valence-corrected chi connectivity index (χ0v) is 11.9. The SMILES string of the molecule is CCOC(=O)/C(C(C)=O)=C(/O)c1cc(Cl)ccc1Cl. The second kappa shape index (κ2) is 6.59. The zero-order valence-electron chi connectivity index (χ0n) is 10.4. The smallest absolute Gasteiger partial charge is 0.345 e. The van der Waals surface area contributed by atoms with Gasteiger partial charge in [0.05, 0.1) is 11.6 Å². The number of hydrogen-bond donors (Lipinski definition) is 1. The lowest BCUT2D eigenvalue weighted by molar-refractivity contribution is -0.139. The van der Waals surface area contributed by atoms with Crippen molar-refractivity contribution in [2.24, 2.45) is 0 Å². The highest BCUT2D eigenvalue weighted by Gasteiger charge is 2.23. The van der Waals surface area contributed by atoms with Crippen LogP contribution in [-0.4, -0.2) is 23.5 Å². The summed E-state index contributed by atoms with van der Waals surface area (Å²) in [6, 6.07) is 4.35. The monoisotopic (exact) mass is 302 g/mol. The second-order valence-corrected chi connectivity index (χ2v) is 4.47. The number of esters is 1. The Morgan fingerprint density at radius 1 is 1.32 bits per heavy atom. The average Bonchev–Trinajstić information content (AvgIpc) is 2.32. The molecule has 0 heterocycles. The van der Waals surface area contributed by atoms with Crippen LogP contribution in [0.3, 0.4) is 0 Å². The molecule has 1 aromatic rings. The third-order valence-corrected chi connectivity index (χ3v) is 2.82. The summed E-state index contributed by atoms with van der Waals surface area (Å²) in [5, 5.41) is 10.6. The number of halogens is 2. The highest BCUT2D eigenvalue weighted by atomic mass is 35.5. The summed E-state index contributed by atoms with van der Waals surface area (Å²) < 4.78 is 4.72. The van der Waals surface area contributed by atoms with Gasteiger partial charge in [0.15, 0.2) is 5.78 Å². The van der Waals surface area contributed by atoms with Gasteiger partial charge in [-0.1, -0.05) is 23.2 Å². The molecular formula is C13H12Cl2O4. The van der Waals surface area contributed by atoms with Crippen LogP contribution in [0, 0.1) is 0 Å². The van der Waals surface area contributed by atoms with E-state index in [0.29, 0.717) is 5.02 Å². The van der Waals surface area contributed by atoms with Crippen molar-refractivity contribution < 1.29 is 19.4 Å². The summed E-state index contributed by atoms with van der Waals surface area (Å²) in [4.78, 5) is 23.1. The van der Waals surface area contributed by atoms with Gasteiger partial charge in [-0.3, -0.25) is 4.79 Å². The first-order valence-corrected chi connectivity index (χ1v) is 6.20. The third-order valence-electron chi connectivity index (χ3n) is 2.25. The molecule has 0 unspecified atom stereocenters. The van der Waals surface area contributed by atoms with Crippen LogP contribution in [0.5, 0.6) is 0 Å². The summed E-state index contributed by atoms with van der Waals surface area (Å²) in [5.74, 6) is -2.06. The maximum absolute atomic E-state index is 11.7. The fraction of sp³-hybridized carbons (Fsp3) is 0.231. The third kappa shape index (κ3) is 3.72. The van der Waals surface area contributed by atoms with Gasteiger partial charge in [0.1, 0.15) is 11.3 Å². The molecule has 1 N–H and O–H groups in total. The van der Waals surface area contributed by atoms with E-state index >= 15 is 0 Å². The van der Waals surface area contributed by atoms with Crippen molar-refractivity contribution in [1.82, 2.24) is 0 Å². The van der Waals surface area contributed by atoms with Crippen LogP contribution >= 0.6 is 23.2 Å². The second-order valence-electron chi connectivity index (χ2n) is 3.62. The van der Waals surface area contributed by atoms with E-state index < -0.39 is 23.1 Å². The molecule has 0 aliphatic rings. The molecule has 0 bridgehead atoms. The molecule has 102 valence electrons. The van der Waals surface area contributed by atoms with Crippen LogP contribution in [0.15, 0.2) is 23.8 Å². The number of rotatable bonds is 4. The fourth-order valence-corrected chi connectivity index (χ4v) is 1.80. The molecular weight excluding hydrogens is 291 g/mol. The van der Waals surface area contributed by atoms with E-state index in [1.807, 2.05) is 0 Å². The van der Waals surface area contributed by atoms with Gasteiger partial charge in [-0.15, -0.1) is 0 Å². The predicted octanol–water partition coefficient (Wildman–Crippen LogP) is 3.41. The Bertz CT molecular complexity index is 550. The van der Waals surface area contributed by atoms with Gasteiger partial charge >= 0.3 is 5.97 Å². The van der Waals surface area contributed by atoms with E-state index in [0.717, 1.165) is 6.92 Å². The van der Waals surface area contributed by atoms with Crippen LogP contribution in [0.25, 0.3) is 5.76 Å². The van der Waals surface area contributed by atoms with Gasteiger partial charge in [0, 0.05) is 10.6 Å². The number of aliphatic hydroxyl groups is 1.